The van der Waals surface area contributed by atoms with Crippen LogP contribution in [0.4, 0.5) is 11.8 Å². The van der Waals surface area contributed by atoms with Gasteiger partial charge >= 0.3 is 0 Å². The standard InChI is InChI=1S/C14H22N4OS/c1-3-5-8-19-9-7-16-12-11-6-10-20-13(11)18-14(17-12)15-4-2/h6,10H,3-5,7-9H2,1-2H3,(H2,15,16,17,18). The third-order valence-corrected chi connectivity index (χ3v) is 3.65. The molecule has 0 atom stereocenters. The molecule has 0 bridgehead atoms. The van der Waals surface area contributed by atoms with Gasteiger partial charge in [0.1, 0.15) is 10.6 Å². The predicted molar refractivity (Wildman–Crippen MR) is 85.8 cm³/mol. The van der Waals surface area contributed by atoms with E-state index in [0.717, 1.165) is 42.2 Å². The number of thiophene rings is 1. The van der Waals surface area contributed by atoms with Crippen LogP contribution in [-0.2, 0) is 4.74 Å². The van der Waals surface area contributed by atoms with Crippen LogP contribution >= 0.6 is 11.3 Å². The van der Waals surface area contributed by atoms with Crippen LogP contribution in [0.1, 0.15) is 26.7 Å². The van der Waals surface area contributed by atoms with Crippen LogP contribution in [0.2, 0.25) is 0 Å². The minimum Gasteiger partial charge on any atom is -0.380 e. The fourth-order valence-electron chi connectivity index (χ4n) is 1.82. The number of ether oxygens (including phenoxy) is 1. The summed E-state index contributed by atoms with van der Waals surface area (Å²) in [6, 6.07) is 2.05. The average molecular weight is 294 g/mol. The van der Waals surface area contributed by atoms with E-state index < -0.39 is 0 Å². The molecular formula is C14H22N4OS. The summed E-state index contributed by atoms with van der Waals surface area (Å²) in [5.41, 5.74) is 0. The van der Waals surface area contributed by atoms with Crippen LogP contribution in [0.5, 0.6) is 0 Å². The Morgan fingerprint density at radius 3 is 2.90 bits per heavy atom. The molecule has 5 nitrogen and oxygen atoms in total. The molecule has 0 aromatic carbocycles. The molecule has 0 aliphatic heterocycles. The molecule has 0 unspecified atom stereocenters. The molecule has 0 saturated carbocycles. The van der Waals surface area contributed by atoms with Gasteiger partial charge in [-0.25, -0.2) is 4.98 Å². The first-order valence-electron chi connectivity index (χ1n) is 7.15. The Balaban J connectivity index is 1.95. The van der Waals surface area contributed by atoms with Gasteiger partial charge in [0.2, 0.25) is 5.95 Å². The zero-order chi connectivity index (χ0) is 14.2. The maximum absolute atomic E-state index is 5.55. The Hall–Kier alpha value is -1.40. The number of hydrogen-bond acceptors (Lipinski definition) is 6. The highest BCUT2D eigenvalue weighted by Crippen LogP contribution is 2.26. The van der Waals surface area contributed by atoms with Crippen molar-refractivity contribution in [2.24, 2.45) is 0 Å². The van der Waals surface area contributed by atoms with Gasteiger partial charge in [-0.15, -0.1) is 11.3 Å². The lowest BCUT2D eigenvalue weighted by atomic mass is 10.3. The Morgan fingerprint density at radius 2 is 2.10 bits per heavy atom. The SMILES string of the molecule is CCCCOCCNc1nc(NCC)nc2sccc12. The number of aromatic nitrogens is 2. The molecule has 0 saturated heterocycles. The van der Waals surface area contributed by atoms with Gasteiger partial charge in [-0.05, 0) is 24.8 Å². The maximum atomic E-state index is 5.55. The molecule has 0 fully saturated rings. The second-order valence-corrected chi connectivity index (χ2v) is 5.35. The number of anilines is 2. The van der Waals surface area contributed by atoms with Crippen molar-refractivity contribution in [3.8, 4) is 0 Å². The Labute approximate surface area is 123 Å². The van der Waals surface area contributed by atoms with E-state index in [1.165, 1.54) is 6.42 Å². The van der Waals surface area contributed by atoms with Crippen LogP contribution in [0.3, 0.4) is 0 Å². The Morgan fingerprint density at radius 1 is 1.20 bits per heavy atom. The number of nitrogens with one attached hydrogen (secondary N) is 2. The van der Waals surface area contributed by atoms with E-state index in [4.69, 9.17) is 4.74 Å². The molecule has 6 heteroatoms. The molecule has 0 amide bonds. The monoisotopic (exact) mass is 294 g/mol. The van der Waals surface area contributed by atoms with E-state index >= 15 is 0 Å². The van der Waals surface area contributed by atoms with Crippen molar-refractivity contribution in [2.75, 3.05) is 36.9 Å². The van der Waals surface area contributed by atoms with E-state index in [9.17, 15) is 0 Å². The average Bonchev–Trinajstić information content (AvgIpc) is 2.91. The van der Waals surface area contributed by atoms with Crippen LogP contribution in [0, 0.1) is 0 Å². The fourth-order valence-corrected chi connectivity index (χ4v) is 2.58. The zero-order valence-electron chi connectivity index (χ0n) is 12.1. The van der Waals surface area contributed by atoms with E-state index in [1.54, 1.807) is 11.3 Å². The minimum absolute atomic E-state index is 0.678. The van der Waals surface area contributed by atoms with Gasteiger partial charge in [-0.1, -0.05) is 13.3 Å². The molecule has 20 heavy (non-hydrogen) atoms. The van der Waals surface area contributed by atoms with Crippen LogP contribution in [0.25, 0.3) is 10.2 Å². The van der Waals surface area contributed by atoms with Crippen molar-refractivity contribution in [3.63, 3.8) is 0 Å². The third-order valence-electron chi connectivity index (χ3n) is 2.84. The Kier molecular flexibility index (Phi) is 6.01. The molecule has 110 valence electrons. The summed E-state index contributed by atoms with van der Waals surface area (Å²) in [6.07, 6.45) is 2.29. The topological polar surface area (TPSA) is 59.1 Å². The van der Waals surface area contributed by atoms with Crippen molar-refractivity contribution >= 4 is 33.3 Å². The van der Waals surface area contributed by atoms with Gasteiger partial charge in [-0.3, -0.25) is 0 Å². The van der Waals surface area contributed by atoms with Crippen molar-refractivity contribution in [3.05, 3.63) is 11.4 Å². The van der Waals surface area contributed by atoms with E-state index in [1.807, 2.05) is 12.3 Å². The lowest BCUT2D eigenvalue weighted by molar-refractivity contribution is 0.141. The molecule has 2 rings (SSSR count). The highest BCUT2D eigenvalue weighted by Gasteiger charge is 2.07. The van der Waals surface area contributed by atoms with Crippen molar-refractivity contribution in [2.45, 2.75) is 26.7 Å². The van der Waals surface area contributed by atoms with Crippen molar-refractivity contribution < 1.29 is 4.74 Å². The largest absolute Gasteiger partial charge is 0.380 e. The van der Waals surface area contributed by atoms with Crippen LogP contribution < -0.4 is 10.6 Å². The molecule has 0 spiro atoms. The summed E-state index contributed by atoms with van der Waals surface area (Å²) < 4.78 is 5.55. The summed E-state index contributed by atoms with van der Waals surface area (Å²) in [4.78, 5) is 10.00. The number of unbranched alkanes of at least 4 members (excludes halogenated alkanes) is 1. The van der Waals surface area contributed by atoms with Crippen molar-refractivity contribution in [1.29, 1.82) is 0 Å². The lowest BCUT2D eigenvalue weighted by Gasteiger charge is -2.09. The third kappa shape index (κ3) is 4.05. The molecule has 0 aliphatic rings. The van der Waals surface area contributed by atoms with Gasteiger partial charge in [0.05, 0.1) is 12.0 Å². The summed E-state index contributed by atoms with van der Waals surface area (Å²) in [6.45, 7) is 7.31. The maximum Gasteiger partial charge on any atom is 0.226 e. The van der Waals surface area contributed by atoms with Crippen molar-refractivity contribution in [1.82, 2.24) is 9.97 Å². The van der Waals surface area contributed by atoms with E-state index in [0.29, 0.717) is 12.6 Å². The van der Waals surface area contributed by atoms with E-state index in [-0.39, 0.29) is 0 Å². The van der Waals surface area contributed by atoms with E-state index in [2.05, 4.69) is 33.6 Å². The quantitative estimate of drug-likeness (QED) is 0.695. The minimum atomic E-state index is 0.678. The zero-order valence-corrected chi connectivity index (χ0v) is 12.9. The molecule has 2 aromatic rings. The normalized spacial score (nSPS) is 10.9. The highest BCUT2D eigenvalue weighted by molar-refractivity contribution is 7.16. The fraction of sp³-hybridized carbons (Fsp3) is 0.571. The van der Waals surface area contributed by atoms with Gasteiger partial charge in [0.15, 0.2) is 0 Å². The molecule has 2 N–H and O–H groups in total. The number of fused-ring (bicyclic) bond motifs is 1. The second kappa shape index (κ2) is 8.01. The summed E-state index contributed by atoms with van der Waals surface area (Å²) in [5, 5.41) is 9.62. The summed E-state index contributed by atoms with van der Waals surface area (Å²) in [7, 11) is 0. The number of nitrogens with zero attached hydrogens (tertiary/aromatic N) is 2. The van der Waals surface area contributed by atoms with Gasteiger partial charge < -0.3 is 15.4 Å². The lowest BCUT2D eigenvalue weighted by Crippen LogP contribution is -2.12. The molecule has 2 heterocycles. The molecule has 0 aliphatic carbocycles. The van der Waals surface area contributed by atoms with Crippen LogP contribution in [-0.4, -0.2) is 36.3 Å². The van der Waals surface area contributed by atoms with Crippen LogP contribution in [0.15, 0.2) is 11.4 Å². The molecular weight excluding hydrogens is 272 g/mol. The summed E-state index contributed by atoms with van der Waals surface area (Å²) in [5.74, 6) is 1.56. The van der Waals surface area contributed by atoms with Gasteiger partial charge in [0.25, 0.3) is 0 Å². The highest BCUT2D eigenvalue weighted by atomic mass is 32.1. The predicted octanol–water partition coefficient (Wildman–Crippen LogP) is 3.35. The first kappa shape index (κ1) is 15.0. The first-order valence-corrected chi connectivity index (χ1v) is 8.03. The first-order chi connectivity index (χ1) is 9.85. The molecule has 2 aromatic heterocycles. The second-order valence-electron chi connectivity index (χ2n) is 4.46. The van der Waals surface area contributed by atoms with Gasteiger partial charge in [0, 0.05) is 19.7 Å². The number of rotatable bonds is 9. The van der Waals surface area contributed by atoms with Gasteiger partial charge in [-0.2, -0.15) is 4.98 Å². The Bertz CT molecular complexity index is 529. The number of hydrogen-bond donors (Lipinski definition) is 2. The summed E-state index contributed by atoms with van der Waals surface area (Å²) >= 11 is 1.63. The smallest absolute Gasteiger partial charge is 0.226 e. The molecule has 0 radical (unpaired) electrons.